The van der Waals surface area contributed by atoms with Gasteiger partial charge in [0.1, 0.15) is 18.1 Å². The van der Waals surface area contributed by atoms with Crippen molar-refractivity contribution in [2.24, 2.45) is 0 Å². The number of aliphatic hydroxyl groups is 1. The molecule has 0 unspecified atom stereocenters. The highest BCUT2D eigenvalue weighted by molar-refractivity contribution is 6.15. The van der Waals surface area contributed by atoms with Gasteiger partial charge >= 0.3 is 0 Å². The molecule has 3 aromatic rings. The third-order valence-electron chi connectivity index (χ3n) is 4.30. The van der Waals surface area contributed by atoms with Crippen molar-refractivity contribution >= 4 is 23.3 Å². The van der Waals surface area contributed by atoms with Crippen LogP contribution in [0.25, 0.3) is 28.9 Å². The lowest BCUT2D eigenvalue weighted by Gasteiger charge is -2.29. The summed E-state index contributed by atoms with van der Waals surface area (Å²) in [5, 5.41) is 22.5. The highest BCUT2D eigenvalue weighted by Gasteiger charge is 2.36. The van der Waals surface area contributed by atoms with Crippen molar-refractivity contribution in [2.45, 2.75) is 19.4 Å². The fourth-order valence-corrected chi connectivity index (χ4v) is 3.29. The summed E-state index contributed by atoms with van der Waals surface area (Å²) >= 11 is 6.23. The zero-order chi connectivity index (χ0) is 18.1. The van der Waals surface area contributed by atoms with E-state index in [1.807, 2.05) is 28.8 Å². The Hall–Kier alpha value is -2.91. The van der Waals surface area contributed by atoms with Crippen molar-refractivity contribution in [3.8, 4) is 23.1 Å². The Morgan fingerprint density at radius 1 is 1.19 bits per heavy atom. The maximum atomic E-state index is 10.1. The zero-order valence-electron chi connectivity index (χ0n) is 14.0. The Labute approximate surface area is 153 Å². The van der Waals surface area contributed by atoms with Gasteiger partial charge < -0.3 is 14.5 Å². The Bertz CT molecular complexity index is 1050. The van der Waals surface area contributed by atoms with Crippen LogP contribution in [0.2, 0.25) is 0 Å². The normalized spacial score (nSPS) is 15.6. The molecule has 5 rings (SSSR count). The van der Waals surface area contributed by atoms with Gasteiger partial charge in [0.15, 0.2) is 5.82 Å². The second kappa shape index (κ2) is 5.05. The molecule has 0 saturated heterocycles. The van der Waals surface area contributed by atoms with Crippen LogP contribution in [0, 0.1) is 0 Å². The largest absolute Gasteiger partial charge is 0.382 e. The molecule has 2 aliphatic rings. The average Bonchev–Trinajstić information content (AvgIpc) is 3.30. The molecule has 2 aliphatic heterocycles. The first-order valence-electron chi connectivity index (χ1n) is 7.97. The van der Waals surface area contributed by atoms with Crippen molar-refractivity contribution in [1.29, 1.82) is 0 Å². The van der Waals surface area contributed by atoms with Crippen LogP contribution >= 0.6 is 11.8 Å². The van der Waals surface area contributed by atoms with Crippen LogP contribution in [0.15, 0.2) is 35.0 Å². The number of anilines is 1. The van der Waals surface area contributed by atoms with Gasteiger partial charge in [0.2, 0.25) is 11.6 Å². The van der Waals surface area contributed by atoms with Gasteiger partial charge in [-0.2, -0.15) is 4.98 Å². The third-order valence-corrected chi connectivity index (χ3v) is 4.51. The van der Waals surface area contributed by atoms with E-state index in [9.17, 15) is 5.11 Å². The minimum absolute atomic E-state index is 0.175. The molecule has 0 amide bonds. The molecule has 4 heterocycles. The molecule has 1 aromatic carbocycles. The maximum Gasteiger partial charge on any atom is 0.296 e. The van der Waals surface area contributed by atoms with E-state index in [1.165, 1.54) is 0 Å². The monoisotopic (exact) mass is 371 g/mol. The van der Waals surface area contributed by atoms with Gasteiger partial charge in [-0.1, -0.05) is 17.3 Å². The number of aromatic nitrogens is 5. The smallest absolute Gasteiger partial charge is 0.296 e. The number of benzene rings is 1. The Kier molecular flexibility index (Phi) is 2.98. The molecule has 2 aromatic heterocycles. The van der Waals surface area contributed by atoms with Crippen LogP contribution < -0.4 is 4.90 Å². The molecular weight excluding hydrogens is 358 g/mol. The number of para-hydroxylation sites is 1. The molecule has 10 heteroatoms. The summed E-state index contributed by atoms with van der Waals surface area (Å²) in [6.45, 7) is 3.66. The molecule has 1 N–H and O–H groups in total. The van der Waals surface area contributed by atoms with E-state index in [0.717, 1.165) is 17.1 Å². The van der Waals surface area contributed by atoms with Crippen LogP contribution in [0.3, 0.4) is 0 Å². The molecule has 132 valence electrons. The van der Waals surface area contributed by atoms with Crippen LogP contribution in [0.5, 0.6) is 0 Å². The predicted octanol–water partition coefficient (Wildman–Crippen LogP) is 2.23. The van der Waals surface area contributed by atoms with E-state index >= 15 is 0 Å². The summed E-state index contributed by atoms with van der Waals surface area (Å²) in [5.41, 5.74) is 0.707. The second-order valence-corrected chi connectivity index (χ2v) is 7.07. The molecule has 9 nitrogen and oxygen atoms in total. The van der Waals surface area contributed by atoms with Crippen LogP contribution in [-0.2, 0) is 5.60 Å². The summed E-state index contributed by atoms with van der Waals surface area (Å²) in [5.74, 6) is 2.19. The highest BCUT2D eigenvalue weighted by atomic mass is 35.5. The fourth-order valence-electron chi connectivity index (χ4n) is 3.10. The highest BCUT2D eigenvalue weighted by Crippen LogP contribution is 2.43. The van der Waals surface area contributed by atoms with Gasteiger partial charge in [0.05, 0.1) is 11.9 Å². The second-order valence-electron chi connectivity index (χ2n) is 6.64. The van der Waals surface area contributed by atoms with Crippen LogP contribution in [-0.4, -0.2) is 41.1 Å². The number of rotatable bonds is 2. The number of halogens is 1. The van der Waals surface area contributed by atoms with E-state index in [0.29, 0.717) is 18.3 Å². The minimum Gasteiger partial charge on any atom is -0.382 e. The fraction of sp³-hybridized carbons (Fsp3) is 0.250. The van der Waals surface area contributed by atoms with Crippen molar-refractivity contribution in [2.75, 3.05) is 11.6 Å². The number of fused-ring (bicyclic) bond motifs is 6. The molecule has 0 atom stereocenters. The molecule has 0 aliphatic carbocycles. The van der Waals surface area contributed by atoms with Gasteiger partial charge in [-0.05, 0) is 26.0 Å². The lowest BCUT2D eigenvalue weighted by Crippen LogP contribution is -2.28. The molecule has 0 spiro atoms. The first-order chi connectivity index (χ1) is 12.4. The predicted molar refractivity (Wildman–Crippen MR) is 93.3 cm³/mol. The summed E-state index contributed by atoms with van der Waals surface area (Å²) in [4.78, 5) is 6.33. The molecule has 26 heavy (non-hydrogen) atoms. The van der Waals surface area contributed by atoms with Gasteiger partial charge in [-0.15, -0.1) is 10.2 Å². The number of hydrogen-bond donors (Lipinski definition) is 1. The quantitative estimate of drug-likeness (QED) is 0.685. The van der Waals surface area contributed by atoms with Crippen molar-refractivity contribution < 1.29 is 9.63 Å². The zero-order valence-corrected chi connectivity index (χ0v) is 14.7. The van der Waals surface area contributed by atoms with E-state index in [2.05, 4.69) is 25.2 Å². The summed E-state index contributed by atoms with van der Waals surface area (Å²) < 4.78 is 8.71. The minimum atomic E-state index is -1.22. The van der Waals surface area contributed by atoms with Gasteiger partial charge in [-0.25, -0.2) is 0 Å². The number of hydrogen-bond acceptors (Lipinski definition) is 8. The van der Waals surface area contributed by atoms with E-state index in [1.54, 1.807) is 24.5 Å². The van der Waals surface area contributed by atoms with Crippen molar-refractivity contribution in [3.63, 3.8) is 0 Å². The van der Waals surface area contributed by atoms with Crippen molar-refractivity contribution in [1.82, 2.24) is 29.3 Å². The Morgan fingerprint density at radius 3 is 2.73 bits per heavy atom. The number of nitrogens with zero attached hydrogens (tertiary/aromatic N) is 7. The van der Waals surface area contributed by atoms with Gasteiger partial charge in [0.25, 0.3) is 5.89 Å². The Balaban J connectivity index is 1.73. The van der Waals surface area contributed by atoms with E-state index < -0.39 is 5.60 Å². The third kappa shape index (κ3) is 2.07. The van der Waals surface area contributed by atoms with Crippen LogP contribution in [0.1, 0.15) is 19.7 Å². The van der Waals surface area contributed by atoms with Crippen molar-refractivity contribution in [3.05, 3.63) is 36.3 Å². The first-order valence-corrected chi connectivity index (χ1v) is 8.31. The molecule has 0 saturated carbocycles. The molecular formula is C16H14ClN7O2. The molecule has 0 fully saturated rings. The lowest BCUT2D eigenvalue weighted by molar-refractivity contribution is 0.0661. The topological polar surface area (TPSA) is 96.3 Å². The van der Waals surface area contributed by atoms with E-state index in [4.69, 9.17) is 16.3 Å². The standard InChI is InChI=1S/C16H14ClN7O2/c1-16(2,25)15-18-14(26-21-15)13-20-19-12-9-5-3-4-6-10(9)23-8-22(17)7-11(23)24(12)13/h3-7,25H,8H2,1-2H3. The molecule has 0 radical (unpaired) electrons. The maximum absolute atomic E-state index is 10.1. The SMILES string of the molecule is CC(C)(O)c1noc(-c2nnc3n2C2=CN(Cl)CN2c2ccccc2-3)n1. The summed E-state index contributed by atoms with van der Waals surface area (Å²) in [6.07, 6.45) is 1.79. The summed E-state index contributed by atoms with van der Waals surface area (Å²) in [6, 6.07) is 7.90. The Morgan fingerprint density at radius 2 is 1.96 bits per heavy atom. The van der Waals surface area contributed by atoms with Gasteiger partial charge in [0, 0.05) is 17.3 Å². The first kappa shape index (κ1) is 15.4. The lowest BCUT2D eigenvalue weighted by atomic mass is 10.1. The average molecular weight is 372 g/mol. The van der Waals surface area contributed by atoms with E-state index in [-0.39, 0.29) is 11.7 Å². The molecule has 0 bridgehead atoms. The van der Waals surface area contributed by atoms with Crippen LogP contribution in [0.4, 0.5) is 5.69 Å². The van der Waals surface area contributed by atoms with Gasteiger partial charge in [-0.3, -0.25) is 8.99 Å². The summed E-state index contributed by atoms with van der Waals surface area (Å²) in [7, 11) is 0.